The summed E-state index contributed by atoms with van der Waals surface area (Å²) in [6, 6.07) is 3.42. The number of carbonyl (C=O) groups is 2. The number of pyridine rings is 2. The molecule has 0 unspecified atom stereocenters. The highest BCUT2D eigenvalue weighted by molar-refractivity contribution is 6.45. The summed E-state index contributed by atoms with van der Waals surface area (Å²) in [5.74, 6) is -1.80. The number of hydrogen-bond acceptors (Lipinski definition) is 4. The van der Waals surface area contributed by atoms with Gasteiger partial charge in [0.05, 0.1) is 28.0 Å². The molecule has 0 aromatic carbocycles. The molecule has 7 nitrogen and oxygen atoms in total. The molecule has 3 rings (SSSR count). The third-order valence-electron chi connectivity index (χ3n) is 3.69. The minimum absolute atomic E-state index is 0.0590. The number of amides is 1. The summed E-state index contributed by atoms with van der Waals surface area (Å²) in [6.45, 7) is 2.67. The van der Waals surface area contributed by atoms with Crippen molar-refractivity contribution in [1.29, 1.82) is 0 Å². The number of halogens is 2. The van der Waals surface area contributed by atoms with Gasteiger partial charge in [0.1, 0.15) is 11.0 Å². The van der Waals surface area contributed by atoms with Crippen LogP contribution in [0.5, 0.6) is 0 Å². The van der Waals surface area contributed by atoms with Crippen LogP contribution in [0.15, 0.2) is 41.9 Å². The van der Waals surface area contributed by atoms with Crippen LogP contribution in [-0.4, -0.2) is 31.2 Å². The summed E-state index contributed by atoms with van der Waals surface area (Å²) in [7, 11) is 0. The zero-order chi connectivity index (χ0) is 18.8. The molecule has 0 bridgehead atoms. The molecule has 0 radical (unpaired) electrons. The highest BCUT2D eigenvalue weighted by Crippen LogP contribution is 2.20. The Bertz CT molecular complexity index is 1060. The molecule has 0 fully saturated rings. The normalized spacial score (nSPS) is 10.9. The molecule has 134 valence electrons. The third kappa shape index (κ3) is 3.36. The first-order valence-corrected chi connectivity index (χ1v) is 8.51. The Morgan fingerprint density at radius 2 is 1.92 bits per heavy atom. The molecule has 0 aliphatic heterocycles. The van der Waals surface area contributed by atoms with Gasteiger partial charge in [0.25, 0.3) is 5.78 Å². The largest absolute Gasteiger partial charge is 0.429 e. The van der Waals surface area contributed by atoms with E-state index in [0.29, 0.717) is 22.3 Å². The van der Waals surface area contributed by atoms with Crippen molar-refractivity contribution in [3.63, 3.8) is 0 Å². The SMILES string of the molecule is CCCn1cc(C(=O)C(=O)N=c2c(Cl)cn(O)cc2Cl)c2cccnc21. The van der Waals surface area contributed by atoms with Gasteiger partial charge in [0.15, 0.2) is 0 Å². The Morgan fingerprint density at radius 1 is 1.23 bits per heavy atom. The van der Waals surface area contributed by atoms with Crippen molar-refractivity contribution >= 4 is 45.9 Å². The summed E-state index contributed by atoms with van der Waals surface area (Å²) < 4.78 is 2.47. The van der Waals surface area contributed by atoms with Crippen LogP contribution in [0.3, 0.4) is 0 Å². The van der Waals surface area contributed by atoms with Crippen molar-refractivity contribution in [2.45, 2.75) is 19.9 Å². The van der Waals surface area contributed by atoms with Gasteiger partial charge in [-0.05, 0) is 18.6 Å². The fraction of sp³-hybridized carbons (Fsp3) is 0.176. The molecule has 1 amide bonds. The van der Waals surface area contributed by atoms with Gasteiger partial charge in [-0.2, -0.15) is 4.73 Å². The highest BCUT2D eigenvalue weighted by Gasteiger charge is 2.22. The lowest BCUT2D eigenvalue weighted by molar-refractivity contribution is -0.114. The number of fused-ring (bicyclic) bond motifs is 1. The van der Waals surface area contributed by atoms with Crippen LogP contribution in [0, 0.1) is 0 Å². The molecule has 9 heteroatoms. The number of aryl methyl sites for hydroxylation is 1. The second-order valence-electron chi connectivity index (χ2n) is 5.54. The van der Waals surface area contributed by atoms with Gasteiger partial charge in [-0.15, -0.1) is 0 Å². The highest BCUT2D eigenvalue weighted by atomic mass is 35.5. The monoisotopic (exact) mass is 392 g/mol. The summed E-state index contributed by atoms with van der Waals surface area (Å²) >= 11 is 11.9. The Labute approximate surface area is 158 Å². The van der Waals surface area contributed by atoms with Crippen molar-refractivity contribution in [3.05, 3.63) is 57.9 Å². The lowest BCUT2D eigenvalue weighted by Gasteiger charge is -2.00. The van der Waals surface area contributed by atoms with Gasteiger partial charge >= 0.3 is 5.91 Å². The van der Waals surface area contributed by atoms with E-state index in [9.17, 15) is 14.8 Å². The molecule has 0 saturated heterocycles. The summed E-state index contributed by atoms with van der Waals surface area (Å²) in [4.78, 5) is 33.0. The number of ketones is 1. The first-order valence-electron chi connectivity index (χ1n) is 7.76. The van der Waals surface area contributed by atoms with E-state index in [0.717, 1.165) is 18.8 Å². The minimum Gasteiger partial charge on any atom is -0.429 e. The van der Waals surface area contributed by atoms with E-state index in [1.54, 1.807) is 24.5 Å². The quantitative estimate of drug-likeness (QED) is 0.419. The average Bonchev–Trinajstić information content (AvgIpc) is 2.96. The van der Waals surface area contributed by atoms with E-state index >= 15 is 0 Å². The molecular weight excluding hydrogens is 379 g/mol. The van der Waals surface area contributed by atoms with Crippen LogP contribution in [0.1, 0.15) is 23.7 Å². The lowest BCUT2D eigenvalue weighted by atomic mass is 10.1. The first kappa shape index (κ1) is 18.2. The van der Waals surface area contributed by atoms with Crippen LogP contribution in [0.2, 0.25) is 10.0 Å². The first-order chi connectivity index (χ1) is 12.4. The van der Waals surface area contributed by atoms with Gasteiger partial charge in [-0.3, -0.25) is 9.59 Å². The van der Waals surface area contributed by atoms with Crippen LogP contribution < -0.4 is 5.36 Å². The van der Waals surface area contributed by atoms with Crippen molar-refractivity contribution in [2.24, 2.45) is 4.99 Å². The molecule has 3 aromatic heterocycles. The maximum atomic E-state index is 12.6. The molecule has 0 atom stereocenters. The number of rotatable bonds is 4. The van der Waals surface area contributed by atoms with Crippen LogP contribution >= 0.6 is 23.2 Å². The van der Waals surface area contributed by atoms with Crippen LogP contribution in [0.25, 0.3) is 11.0 Å². The standard InChI is InChI=1S/C17H14Cl2N4O3/c1-2-6-22-7-11(10-4-3-5-20-16(10)22)15(24)17(25)21-14-12(18)8-23(26)9-13(14)19/h3-5,7-9,26H,2,6H2,1H3. The molecule has 3 heterocycles. The van der Waals surface area contributed by atoms with E-state index in [2.05, 4.69) is 9.98 Å². The van der Waals surface area contributed by atoms with Crippen LogP contribution in [-0.2, 0) is 11.3 Å². The number of aromatic nitrogens is 3. The van der Waals surface area contributed by atoms with Crippen molar-refractivity contribution in [1.82, 2.24) is 14.3 Å². The molecule has 0 saturated carbocycles. The van der Waals surface area contributed by atoms with E-state index < -0.39 is 11.7 Å². The maximum absolute atomic E-state index is 12.6. The van der Waals surface area contributed by atoms with E-state index in [1.165, 1.54) is 0 Å². The Morgan fingerprint density at radius 3 is 2.58 bits per heavy atom. The van der Waals surface area contributed by atoms with Crippen molar-refractivity contribution < 1.29 is 14.8 Å². The zero-order valence-corrected chi connectivity index (χ0v) is 15.2. The number of nitrogens with zero attached hydrogens (tertiary/aromatic N) is 4. The third-order valence-corrected chi connectivity index (χ3v) is 4.25. The van der Waals surface area contributed by atoms with Gasteiger partial charge in [0, 0.05) is 24.3 Å². The topological polar surface area (TPSA) is 89.5 Å². The minimum atomic E-state index is -1.01. The van der Waals surface area contributed by atoms with Gasteiger partial charge in [0.2, 0.25) is 0 Å². The molecule has 0 aliphatic carbocycles. The Balaban J connectivity index is 2.07. The summed E-state index contributed by atoms with van der Waals surface area (Å²) in [5.41, 5.74) is 0.846. The average molecular weight is 393 g/mol. The van der Waals surface area contributed by atoms with E-state index in [4.69, 9.17) is 23.2 Å². The molecular formula is C17H14Cl2N4O3. The number of carbonyl (C=O) groups excluding carboxylic acids is 2. The smallest absolute Gasteiger partial charge is 0.318 e. The molecule has 0 aliphatic rings. The Kier molecular flexibility index (Phi) is 5.11. The second-order valence-corrected chi connectivity index (χ2v) is 6.35. The van der Waals surface area contributed by atoms with E-state index in [1.807, 2.05) is 11.5 Å². The van der Waals surface area contributed by atoms with Crippen LogP contribution in [0.4, 0.5) is 0 Å². The van der Waals surface area contributed by atoms with Gasteiger partial charge in [-0.25, -0.2) is 9.98 Å². The van der Waals surface area contributed by atoms with Crippen molar-refractivity contribution in [3.8, 4) is 0 Å². The van der Waals surface area contributed by atoms with Gasteiger partial charge < -0.3 is 9.77 Å². The second kappa shape index (κ2) is 7.31. The summed E-state index contributed by atoms with van der Waals surface area (Å²) in [5, 5.41) is 9.74. The molecule has 26 heavy (non-hydrogen) atoms. The van der Waals surface area contributed by atoms with E-state index in [-0.39, 0.29) is 21.0 Å². The summed E-state index contributed by atoms with van der Waals surface area (Å²) in [6.07, 6.45) is 6.31. The van der Waals surface area contributed by atoms with Gasteiger partial charge in [-0.1, -0.05) is 30.1 Å². The lowest BCUT2D eigenvalue weighted by Crippen LogP contribution is -2.18. The molecule has 1 N–H and O–H groups in total. The number of Topliss-reactive ketones (excluding diaryl/α,β-unsaturated/α-hetero) is 1. The predicted octanol–water partition coefficient (Wildman–Crippen LogP) is 3.10. The maximum Gasteiger partial charge on any atom is 0.318 e. The fourth-order valence-corrected chi connectivity index (χ4v) is 3.13. The Hall–Kier alpha value is -2.64. The zero-order valence-electron chi connectivity index (χ0n) is 13.7. The fourth-order valence-electron chi connectivity index (χ4n) is 2.60. The molecule has 0 spiro atoms. The molecule has 3 aromatic rings. The van der Waals surface area contributed by atoms with Crippen molar-refractivity contribution in [2.75, 3.05) is 0 Å². The number of hydrogen-bond donors (Lipinski definition) is 1. The predicted molar refractivity (Wildman–Crippen MR) is 96.6 cm³/mol.